The highest BCUT2D eigenvalue weighted by Crippen LogP contribution is 2.14. The van der Waals surface area contributed by atoms with Crippen LogP contribution in [0.25, 0.3) is 11.0 Å². The molecule has 1 atom stereocenters. The molecule has 0 bridgehead atoms. The fourth-order valence-electron chi connectivity index (χ4n) is 1.39. The van der Waals surface area contributed by atoms with Gasteiger partial charge in [-0.15, -0.1) is 5.10 Å². The number of carboxylic acids is 1. The number of aliphatic carboxylic acids is 1. The molecular weight excluding hydrogens is 210 g/mol. The Hall–Kier alpha value is -1.95. The zero-order valence-corrected chi connectivity index (χ0v) is 8.66. The minimum absolute atomic E-state index is 0.136. The Labute approximate surface area is 91.1 Å². The second-order valence-electron chi connectivity index (χ2n) is 3.81. The maximum Gasteiger partial charge on any atom is 0.337 e. The number of hydrogen-bond acceptors (Lipinski definition) is 4. The second kappa shape index (κ2) is 3.57. The first kappa shape index (κ1) is 10.6. The summed E-state index contributed by atoms with van der Waals surface area (Å²) in [6.45, 7) is 1.09. The topological polar surface area (TPSA) is 88.2 Å². The monoisotopic (exact) mass is 221 g/mol. The standard InChI is InChI=1S/C10H11N3O3/c1-10(16,9(14)15)6-13-8-5-3-2-4-7(8)11-12-13/h2-5,16H,6H2,1H3,(H,14,15). The molecule has 2 rings (SSSR count). The molecule has 16 heavy (non-hydrogen) atoms. The van der Waals surface area contributed by atoms with Crippen LogP contribution in [0.5, 0.6) is 0 Å². The zero-order chi connectivity index (χ0) is 11.8. The van der Waals surface area contributed by atoms with Crippen molar-refractivity contribution in [2.45, 2.75) is 19.1 Å². The first-order valence-electron chi connectivity index (χ1n) is 4.75. The Morgan fingerprint density at radius 2 is 2.19 bits per heavy atom. The van der Waals surface area contributed by atoms with E-state index < -0.39 is 11.6 Å². The van der Waals surface area contributed by atoms with E-state index in [1.54, 1.807) is 18.2 Å². The molecular formula is C10H11N3O3. The largest absolute Gasteiger partial charge is 0.479 e. The van der Waals surface area contributed by atoms with Gasteiger partial charge in [-0.2, -0.15) is 0 Å². The summed E-state index contributed by atoms with van der Waals surface area (Å²) >= 11 is 0. The normalized spacial score (nSPS) is 14.9. The fraction of sp³-hybridized carbons (Fsp3) is 0.300. The smallest absolute Gasteiger partial charge is 0.337 e. The van der Waals surface area contributed by atoms with Gasteiger partial charge in [-0.1, -0.05) is 17.3 Å². The van der Waals surface area contributed by atoms with Crippen molar-refractivity contribution in [1.29, 1.82) is 0 Å². The fourth-order valence-corrected chi connectivity index (χ4v) is 1.39. The predicted molar refractivity (Wildman–Crippen MR) is 55.8 cm³/mol. The third-order valence-electron chi connectivity index (χ3n) is 2.34. The van der Waals surface area contributed by atoms with Crippen LogP contribution in [-0.2, 0) is 11.3 Å². The number of aromatic nitrogens is 3. The average Bonchev–Trinajstić information content (AvgIpc) is 2.61. The lowest BCUT2D eigenvalue weighted by molar-refractivity contribution is -0.158. The number of benzene rings is 1. The molecule has 1 unspecified atom stereocenters. The van der Waals surface area contributed by atoms with Crippen molar-refractivity contribution in [3.8, 4) is 0 Å². The van der Waals surface area contributed by atoms with Crippen LogP contribution >= 0.6 is 0 Å². The molecule has 0 aliphatic carbocycles. The van der Waals surface area contributed by atoms with E-state index in [-0.39, 0.29) is 6.54 Å². The van der Waals surface area contributed by atoms with Gasteiger partial charge in [0, 0.05) is 0 Å². The molecule has 0 aliphatic heterocycles. The quantitative estimate of drug-likeness (QED) is 0.776. The van der Waals surface area contributed by atoms with Gasteiger partial charge in [-0.25, -0.2) is 9.48 Å². The predicted octanol–water partition coefficient (Wildman–Crippen LogP) is 0.267. The van der Waals surface area contributed by atoms with Crippen LogP contribution < -0.4 is 0 Å². The number of aliphatic hydroxyl groups is 1. The summed E-state index contributed by atoms with van der Waals surface area (Å²) < 4.78 is 1.38. The second-order valence-corrected chi connectivity index (χ2v) is 3.81. The molecule has 1 heterocycles. The Balaban J connectivity index is 2.38. The van der Waals surface area contributed by atoms with Gasteiger partial charge in [0.05, 0.1) is 12.1 Å². The van der Waals surface area contributed by atoms with E-state index in [1.165, 1.54) is 11.6 Å². The number of hydrogen-bond donors (Lipinski definition) is 2. The van der Waals surface area contributed by atoms with Gasteiger partial charge in [-0.05, 0) is 19.1 Å². The molecule has 1 aromatic heterocycles. The first-order valence-corrected chi connectivity index (χ1v) is 4.75. The van der Waals surface area contributed by atoms with Crippen LogP contribution in [0.3, 0.4) is 0 Å². The van der Waals surface area contributed by atoms with E-state index in [0.717, 1.165) is 0 Å². The maximum absolute atomic E-state index is 10.8. The van der Waals surface area contributed by atoms with E-state index >= 15 is 0 Å². The Morgan fingerprint density at radius 1 is 1.50 bits per heavy atom. The van der Waals surface area contributed by atoms with E-state index in [2.05, 4.69) is 10.3 Å². The molecule has 6 nitrogen and oxygen atoms in total. The maximum atomic E-state index is 10.8. The van der Waals surface area contributed by atoms with Crippen LogP contribution in [0, 0.1) is 0 Å². The molecule has 0 radical (unpaired) electrons. The van der Waals surface area contributed by atoms with Gasteiger partial charge < -0.3 is 10.2 Å². The van der Waals surface area contributed by atoms with Gasteiger partial charge in [-0.3, -0.25) is 0 Å². The lowest BCUT2D eigenvalue weighted by Crippen LogP contribution is -2.39. The van der Waals surface area contributed by atoms with Crippen LogP contribution in [0.1, 0.15) is 6.92 Å². The molecule has 1 aromatic carbocycles. The summed E-state index contributed by atoms with van der Waals surface area (Å²) in [5, 5.41) is 26.1. The lowest BCUT2D eigenvalue weighted by atomic mass is 10.1. The van der Waals surface area contributed by atoms with Crippen LogP contribution in [0.15, 0.2) is 24.3 Å². The summed E-state index contributed by atoms with van der Waals surface area (Å²) in [5.41, 5.74) is -0.482. The number of fused-ring (bicyclic) bond motifs is 1. The Morgan fingerprint density at radius 3 is 2.88 bits per heavy atom. The van der Waals surface area contributed by atoms with Crippen molar-refractivity contribution in [1.82, 2.24) is 15.0 Å². The average molecular weight is 221 g/mol. The molecule has 0 fully saturated rings. The van der Waals surface area contributed by atoms with E-state index in [1.807, 2.05) is 6.07 Å². The molecule has 0 saturated carbocycles. The van der Waals surface area contributed by atoms with Crippen molar-refractivity contribution in [3.05, 3.63) is 24.3 Å². The highest BCUT2D eigenvalue weighted by atomic mass is 16.4. The first-order chi connectivity index (χ1) is 7.50. The number of nitrogens with zero attached hydrogens (tertiary/aromatic N) is 3. The number of rotatable bonds is 3. The minimum atomic E-state index is -1.85. The summed E-state index contributed by atoms with van der Waals surface area (Å²) in [7, 11) is 0. The van der Waals surface area contributed by atoms with Gasteiger partial charge in [0.25, 0.3) is 0 Å². The van der Waals surface area contributed by atoms with Crippen LogP contribution in [-0.4, -0.2) is 36.8 Å². The molecule has 2 N–H and O–H groups in total. The molecule has 6 heteroatoms. The number of carboxylic acid groups (broad SMARTS) is 1. The Bertz CT molecular complexity index is 533. The molecule has 0 aliphatic rings. The summed E-state index contributed by atoms with van der Waals surface area (Å²) in [5.74, 6) is -1.29. The summed E-state index contributed by atoms with van der Waals surface area (Å²) in [6.07, 6.45) is 0. The van der Waals surface area contributed by atoms with Crippen molar-refractivity contribution in [2.75, 3.05) is 0 Å². The van der Waals surface area contributed by atoms with Crippen molar-refractivity contribution in [2.24, 2.45) is 0 Å². The van der Waals surface area contributed by atoms with Crippen molar-refractivity contribution < 1.29 is 15.0 Å². The number of carbonyl (C=O) groups is 1. The van der Waals surface area contributed by atoms with E-state index in [9.17, 15) is 9.90 Å². The Kier molecular flexibility index (Phi) is 2.35. The minimum Gasteiger partial charge on any atom is -0.479 e. The molecule has 0 saturated heterocycles. The SMILES string of the molecule is CC(O)(Cn1nnc2ccccc21)C(=O)O. The highest BCUT2D eigenvalue weighted by Gasteiger charge is 2.31. The summed E-state index contributed by atoms with van der Waals surface area (Å²) in [4.78, 5) is 10.8. The van der Waals surface area contributed by atoms with E-state index in [4.69, 9.17) is 5.11 Å². The molecule has 2 aromatic rings. The van der Waals surface area contributed by atoms with E-state index in [0.29, 0.717) is 11.0 Å². The molecule has 0 amide bonds. The third-order valence-corrected chi connectivity index (χ3v) is 2.34. The van der Waals surface area contributed by atoms with Gasteiger partial charge in [0.2, 0.25) is 0 Å². The van der Waals surface area contributed by atoms with Gasteiger partial charge in [0.1, 0.15) is 5.52 Å². The van der Waals surface area contributed by atoms with Crippen molar-refractivity contribution >= 4 is 17.0 Å². The number of para-hydroxylation sites is 1. The highest BCUT2D eigenvalue weighted by molar-refractivity contribution is 5.77. The van der Waals surface area contributed by atoms with Crippen LogP contribution in [0.4, 0.5) is 0 Å². The molecule has 0 spiro atoms. The molecule has 84 valence electrons. The van der Waals surface area contributed by atoms with Gasteiger partial charge >= 0.3 is 5.97 Å². The summed E-state index contributed by atoms with van der Waals surface area (Å²) in [6, 6.07) is 7.16. The third kappa shape index (κ3) is 1.74. The zero-order valence-electron chi connectivity index (χ0n) is 8.66. The lowest BCUT2D eigenvalue weighted by Gasteiger charge is -2.17. The van der Waals surface area contributed by atoms with Gasteiger partial charge in [0.15, 0.2) is 5.60 Å². The van der Waals surface area contributed by atoms with Crippen molar-refractivity contribution in [3.63, 3.8) is 0 Å². The van der Waals surface area contributed by atoms with Crippen LogP contribution in [0.2, 0.25) is 0 Å².